The number of carbonyl (C=O) groups is 1. The zero-order valence-corrected chi connectivity index (χ0v) is 9.46. The Morgan fingerprint density at radius 3 is 2.79 bits per heavy atom. The Balaban J connectivity index is 2.18. The molecular formula is C13H22O. The maximum atomic E-state index is 11.5. The third-order valence-electron chi connectivity index (χ3n) is 3.00. The van der Waals surface area contributed by atoms with Crippen LogP contribution in [0.3, 0.4) is 0 Å². The van der Waals surface area contributed by atoms with Crippen LogP contribution in [0.25, 0.3) is 0 Å². The highest BCUT2D eigenvalue weighted by Gasteiger charge is 2.28. The lowest BCUT2D eigenvalue weighted by Crippen LogP contribution is -2.03. The van der Waals surface area contributed by atoms with Crippen molar-refractivity contribution in [2.24, 2.45) is 11.8 Å². The van der Waals surface area contributed by atoms with E-state index in [1.54, 1.807) is 0 Å². The van der Waals surface area contributed by atoms with Gasteiger partial charge in [-0.3, -0.25) is 4.79 Å². The molecule has 80 valence electrons. The van der Waals surface area contributed by atoms with Crippen LogP contribution in [0.2, 0.25) is 0 Å². The molecule has 14 heavy (non-hydrogen) atoms. The van der Waals surface area contributed by atoms with E-state index in [0.29, 0.717) is 17.6 Å². The van der Waals surface area contributed by atoms with Crippen molar-refractivity contribution in [2.75, 3.05) is 0 Å². The first kappa shape index (κ1) is 11.5. The molecule has 0 N–H and O–H groups in total. The van der Waals surface area contributed by atoms with Gasteiger partial charge in [-0.15, -0.1) is 0 Å². The van der Waals surface area contributed by atoms with E-state index >= 15 is 0 Å². The van der Waals surface area contributed by atoms with Gasteiger partial charge in [0.1, 0.15) is 5.78 Å². The molecule has 2 unspecified atom stereocenters. The Morgan fingerprint density at radius 1 is 1.43 bits per heavy atom. The van der Waals surface area contributed by atoms with Crippen molar-refractivity contribution in [2.45, 2.75) is 52.4 Å². The number of hydrogen-bond acceptors (Lipinski definition) is 1. The highest BCUT2D eigenvalue weighted by molar-refractivity contribution is 5.83. The first-order valence-electron chi connectivity index (χ1n) is 5.91. The van der Waals surface area contributed by atoms with Crippen LogP contribution in [-0.4, -0.2) is 5.78 Å². The summed E-state index contributed by atoms with van der Waals surface area (Å²) in [5, 5.41) is 0. The first-order valence-corrected chi connectivity index (χ1v) is 5.91. The highest BCUT2D eigenvalue weighted by atomic mass is 16.1. The van der Waals surface area contributed by atoms with Gasteiger partial charge in [-0.05, 0) is 25.2 Å². The van der Waals surface area contributed by atoms with Gasteiger partial charge in [-0.1, -0.05) is 38.8 Å². The van der Waals surface area contributed by atoms with Crippen molar-refractivity contribution in [3.63, 3.8) is 0 Å². The monoisotopic (exact) mass is 194 g/mol. The second-order valence-corrected chi connectivity index (χ2v) is 4.56. The Morgan fingerprint density at radius 2 is 2.21 bits per heavy atom. The first-order chi connectivity index (χ1) is 6.74. The molecule has 0 heterocycles. The predicted octanol–water partition coefficient (Wildman–Crippen LogP) is 3.74. The van der Waals surface area contributed by atoms with Gasteiger partial charge in [0, 0.05) is 12.3 Å². The minimum atomic E-state index is 0.336. The van der Waals surface area contributed by atoms with E-state index < -0.39 is 0 Å². The third kappa shape index (κ3) is 3.65. The fourth-order valence-corrected chi connectivity index (χ4v) is 2.14. The van der Waals surface area contributed by atoms with Crippen LogP contribution >= 0.6 is 0 Å². The maximum Gasteiger partial charge on any atom is 0.136 e. The zero-order valence-electron chi connectivity index (χ0n) is 9.46. The molecule has 0 aromatic heterocycles. The smallest absolute Gasteiger partial charge is 0.136 e. The number of rotatable bonds is 5. The molecule has 0 spiro atoms. The number of allylic oxidation sites excluding steroid dienone is 2. The van der Waals surface area contributed by atoms with Crippen LogP contribution in [0.4, 0.5) is 0 Å². The van der Waals surface area contributed by atoms with Crippen molar-refractivity contribution in [3.05, 3.63) is 12.2 Å². The molecule has 1 saturated carbocycles. The molecule has 0 aliphatic heterocycles. The quantitative estimate of drug-likeness (QED) is 0.481. The fourth-order valence-electron chi connectivity index (χ4n) is 2.14. The average Bonchev–Trinajstić information content (AvgIpc) is 2.45. The van der Waals surface area contributed by atoms with E-state index in [-0.39, 0.29) is 0 Å². The van der Waals surface area contributed by atoms with Crippen LogP contribution < -0.4 is 0 Å². The summed E-state index contributed by atoms with van der Waals surface area (Å²) in [6.45, 7) is 4.38. The second kappa shape index (κ2) is 6.00. The summed E-state index contributed by atoms with van der Waals surface area (Å²) in [6, 6.07) is 0. The van der Waals surface area contributed by atoms with Crippen LogP contribution in [0.15, 0.2) is 12.2 Å². The molecule has 0 bridgehead atoms. The summed E-state index contributed by atoms with van der Waals surface area (Å²) in [5.41, 5.74) is 0. The van der Waals surface area contributed by atoms with Crippen molar-refractivity contribution in [3.8, 4) is 0 Å². The van der Waals surface area contributed by atoms with Gasteiger partial charge in [-0.25, -0.2) is 0 Å². The minimum absolute atomic E-state index is 0.336. The standard InChI is InChI=1S/C13H22O/c1-3-4-5-6-7-8-12-9-11(2)10-13(12)14/h6-7,11-12H,3-5,8-10H2,1-2H3/b7-6-. The van der Waals surface area contributed by atoms with Crippen molar-refractivity contribution >= 4 is 5.78 Å². The van der Waals surface area contributed by atoms with Gasteiger partial charge in [0.05, 0.1) is 0 Å². The molecule has 1 nitrogen and oxygen atoms in total. The van der Waals surface area contributed by atoms with Crippen LogP contribution in [0.1, 0.15) is 52.4 Å². The molecule has 1 aliphatic rings. The van der Waals surface area contributed by atoms with E-state index in [9.17, 15) is 4.79 Å². The highest BCUT2D eigenvalue weighted by Crippen LogP contribution is 2.29. The minimum Gasteiger partial charge on any atom is -0.299 e. The van der Waals surface area contributed by atoms with Crippen molar-refractivity contribution < 1.29 is 4.79 Å². The van der Waals surface area contributed by atoms with Crippen LogP contribution in [0.5, 0.6) is 0 Å². The Kier molecular flexibility index (Phi) is 4.92. The molecule has 2 atom stereocenters. The van der Waals surface area contributed by atoms with E-state index in [2.05, 4.69) is 26.0 Å². The number of carbonyl (C=O) groups excluding carboxylic acids is 1. The van der Waals surface area contributed by atoms with Gasteiger partial charge in [0.25, 0.3) is 0 Å². The Hall–Kier alpha value is -0.590. The number of ketones is 1. The van der Waals surface area contributed by atoms with Crippen molar-refractivity contribution in [1.82, 2.24) is 0 Å². The number of hydrogen-bond donors (Lipinski definition) is 0. The number of unbranched alkanes of at least 4 members (excludes halogenated alkanes) is 2. The summed E-state index contributed by atoms with van der Waals surface area (Å²) in [4.78, 5) is 11.5. The van der Waals surface area contributed by atoms with Gasteiger partial charge in [0.15, 0.2) is 0 Å². The van der Waals surface area contributed by atoms with Gasteiger partial charge < -0.3 is 0 Å². The van der Waals surface area contributed by atoms with Gasteiger partial charge in [0.2, 0.25) is 0 Å². The fraction of sp³-hybridized carbons (Fsp3) is 0.769. The second-order valence-electron chi connectivity index (χ2n) is 4.56. The van der Waals surface area contributed by atoms with E-state index in [4.69, 9.17) is 0 Å². The van der Waals surface area contributed by atoms with E-state index in [0.717, 1.165) is 19.3 Å². The average molecular weight is 194 g/mol. The summed E-state index contributed by atoms with van der Waals surface area (Å²) in [5.74, 6) is 1.44. The molecular weight excluding hydrogens is 172 g/mol. The Labute approximate surface area is 87.6 Å². The summed E-state index contributed by atoms with van der Waals surface area (Å²) < 4.78 is 0. The lowest BCUT2D eigenvalue weighted by Gasteiger charge is -2.03. The predicted molar refractivity (Wildman–Crippen MR) is 60.2 cm³/mol. The zero-order chi connectivity index (χ0) is 10.4. The van der Waals surface area contributed by atoms with Gasteiger partial charge >= 0.3 is 0 Å². The normalized spacial score (nSPS) is 27.7. The van der Waals surface area contributed by atoms with Crippen LogP contribution in [-0.2, 0) is 4.79 Å². The summed E-state index contributed by atoms with van der Waals surface area (Å²) in [7, 11) is 0. The Bertz CT molecular complexity index is 205. The molecule has 1 rings (SSSR count). The molecule has 1 aliphatic carbocycles. The molecule has 0 amide bonds. The summed E-state index contributed by atoms with van der Waals surface area (Å²) in [6.07, 6.45) is 11.0. The SMILES string of the molecule is CCCC/C=C\CC1CC(C)CC1=O. The van der Waals surface area contributed by atoms with Crippen LogP contribution in [0, 0.1) is 11.8 Å². The lowest BCUT2D eigenvalue weighted by atomic mass is 10.0. The largest absolute Gasteiger partial charge is 0.299 e. The molecule has 1 fully saturated rings. The third-order valence-corrected chi connectivity index (χ3v) is 3.00. The lowest BCUT2D eigenvalue weighted by molar-refractivity contribution is -0.120. The van der Waals surface area contributed by atoms with Gasteiger partial charge in [-0.2, -0.15) is 0 Å². The summed E-state index contributed by atoms with van der Waals surface area (Å²) >= 11 is 0. The maximum absolute atomic E-state index is 11.5. The molecule has 0 saturated heterocycles. The molecule has 0 aromatic carbocycles. The van der Waals surface area contributed by atoms with E-state index in [1.165, 1.54) is 19.3 Å². The molecule has 0 radical (unpaired) electrons. The molecule has 0 aromatic rings. The topological polar surface area (TPSA) is 17.1 Å². The number of Topliss-reactive ketones (excluding diaryl/α,β-unsaturated/α-hetero) is 1. The van der Waals surface area contributed by atoms with E-state index in [1.807, 2.05) is 0 Å². The molecule has 1 heteroatoms. The van der Waals surface area contributed by atoms with Crippen molar-refractivity contribution in [1.29, 1.82) is 0 Å².